The van der Waals surface area contributed by atoms with E-state index in [9.17, 15) is 4.79 Å². The summed E-state index contributed by atoms with van der Waals surface area (Å²) >= 11 is 0. The third-order valence-electron chi connectivity index (χ3n) is 1.96. The molecule has 2 heteroatoms. The predicted molar refractivity (Wildman–Crippen MR) is 43.0 cm³/mol. The van der Waals surface area contributed by atoms with E-state index in [1.165, 1.54) is 6.08 Å². The van der Waals surface area contributed by atoms with E-state index < -0.39 is 0 Å². The van der Waals surface area contributed by atoms with Crippen LogP contribution in [0.15, 0.2) is 12.2 Å². The first-order chi connectivity index (χ1) is 5.11. The first kappa shape index (κ1) is 8.31. The number of ether oxygens (including phenoxy) is 1. The van der Waals surface area contributed by atoms with Gasteiger partial charge in [0.25, 0.3) is 0 Å². The van der Waals surface area contributed by atoms with E-state index in [1.807, 2.05) is 6.08 Å². The minimum atomic E-state index is -0.207. The highest BCUT2D eigenvalue weighted by atomic mass is 16.5. The predicted octanol–water partition coefficient (Wildman–Crippen LogP) is 1.76. The van der Waals surface area contributed by atoms with Gasteiger partial charge in [0.05, 0.1) is 0 Å². The van der Waals surface area contributed by atoms with E-state index in [2.05, 4.69) is 20.8 Å². The van der Waals surface area contributed by atoms with Crippen LogP contribution in [0, 0.1) is 11.8 Å². The van der Waals surface area contributed by atoms with Gasteiger partial charge in [0.1, 0.15) is 6.10 Å². The monoisotopic (exact) mass is 154 g/mol. The van der Waals surface area contributed by atoms with E-state index in [0.29, 0.717) is 11.8 Å². The van der Waals surface area contributed by atoms with Crippen molar-refractivity contribution in [3.63, 3.8) is 0 Å². The molecule has 62 valence electrons. The summed E-state index contributed by atoms with van der Waals surface area (Å²) in [5.41, 5.74) is 0. The summed E-state index contributed by atoms with van der Waals surface area (Å²) in [5.74, 6) is 0.549. The fourth-order valence-corrected chi connectivity index (χ4v) is 1.36. The quantitative estimate of drug-likeness (QED) is 0.538. The van der Waals surface area contributed by atoms with E-state index in [-0.39, 0.29) is 12.1 Å². The molecule has 1 heterocycles. The molecule has 0 N–H and O–H groups in total. The highest BCUT2D eigenvalue weighted by Gasteiger charge is 2.25. The molecule has 0 unspecified atom stereocenters. The van der Waals surface area contributed by atoms with Gasteiger partial charge in [0.15, 0.2) is 0 Å². The standard InChI is InChI=1S/C9H14O2/c1-6(2)9-7(3)4-5-8(10)11-9/h4-7,9H,1-3H3/t7-,9+/m1/s1. The molecule has 0 amide bonds. The highest BCUT2D eigenvalue weighted by Crippen LogP contribution is 2.21. The van der Waals surface area contributed by atoms with E-state index in [4.69, 9.17) is 4.74 Å². The molecule has 1 rings (SSSR count). The van der Waals surface area contributed by atoms with Gasteiger partial charge in [-0.25, -0.2) is 4.79 Å². The van der Waals surface area contributed by atoms with Crippen LogP contribution in [0.3, 0.4) is 0 Å². The molecule has 11 heavy (non-hydrogen) atoms. The van der Waals surface area contributed by atoms with Gasteiger partial charge in [-0.15, -0.1) is 0 Å². The molecule has 1 aliphatic rings. The Hall–Kier alpha value is -0.790. The van der Waals surface area contributed by atoms with E-state index in [1.54, 1.807) is 0 Å². The molecule has 0 spiro atoms. The maximum Gasteiger partial charge on any atom is 0.330 e. The number of rotatable bonds is 1. The molecule has 0 aliphatic carbocycles. The summed E-state index contributed by atoms with van der Waals surface area (Å²) in [4.78, 5) is 10.8. The lowest BCUT2D eigenvalue weighted by molar-refractivity contribution is -0.148. The molecule has 0 saturated heterocycles. The molecule has 2 nitrogen and oxygen atoms in total. The van der Waals surface area contributed by atoms with Crippen LogP contribution in [0.4, 0.5) is 0 Å². The third kappa shape index (κ3) is 1.82. The first-order valence-electron chi connectivity index (χ1n) is 4.00. The molecule has 0 aromatic carbocycles. The highest BCUT2D eigenvalue weighted by molar-refractivity contribution is 5.82. The van der Waals surface area contributed by atoms with Gasteiger partial charge < -0.3 is 4.74 Å². The number of carbonyl (C=O) groups is 1. The van der Waals surface area contributed by atoms with Crippen LogP contribution in [0.5, 0.6) is 0 Å². The molecule has 0 radical (unpaired) electrons. The number of esters is 1. The van der Waals surface area contributed by atoms with Crippen LogP contribution >= 0.6 is 0 Å². The van der Waals surface area contributed by atoms with Gasteiger partial charge in [-0.05, 0) is 5.92 Å². The zero-order valence-electron chi connectivity index (χ0n) is 7.20. The molecule has 1 aliphatic heterocycles. The maximum absolute atomic E-state index is 10.8. The lowest BCUT2D eigenvalue weighted by Crippen LogP contribution is -2.31. The van der Waals surface area contributed by atoms with Gasteiger partial charge >= 0.3 is 5.97 Å². The summed E-state index contributed by atoms with van der Waals surface area (Å²) < 4.78 is 5.13. The average Bonchev–Trinajstić information content (AvgIpc) is 1.94. The number of hydrogen-bond acceptors (Lipinski definition) is 2. The van der Waals surface area contributed by atoms with Gasteiger partial charge in [-0.3, -0.25) is 0 Å². The molecular weight excluding hydrogens is 140 g/mol. The van der Waals surface area contributed by atoms with Crippen molar-refractivity contribution in [3.05, 3.63) is 12.2 Å². The van der Waals surface area contributed by atoms with Gasteiger partial charge in [0.2, 0.25) is 0 Å². The normalized spacial score (nSPS) is 30.7. The largest absolute Gasteiger partial charge is 0.458 e. The Kier molecular flexibility index (Phi) is 2.32. The van der Waals surface area contributed by atoms with Gasteiger partial charge in [-0.2, -0.15) is 0 Å². The Morgan fingerprint density at radius 2 is 2.18 bits per heavy atom. The Labute approximate surface area is 67.2 Å². The Morgan fingerprint density at radius 1 is 1.55 bits per heavy atom. The van der Waals surface area contributed by atoms with Gasteiger partial charge in [-0.1, -0.05) is 26.8 Å². The molecule has 0 aromatic heterocycles. The van der Waals surface area contributed by atoms with Crippen molar-refractivity contribution in [2.75, 3.05) is 0 Å². The lowest BCUT2D eigenvalue weighted by Gasteiger charge is -2.27. The van der Waals surface area contributed by atoms with E-state index >= 15 is 0 Å². The SMILES string of the molecule is CC(C)[C@@H]1OC(=O)C=C[C@H]1C. The van der Waals surface area contributed by atoms with Crippen LogP contribution in [-0.2, 0) is 9.53 Å². The zero-order valence-corrected chi connectivity index (χ0v) is 7.20. The zero-order chi connectivity index (χ0) is 8.43. The molecular formula is C9H14O2. The van der Waals surface area contributed by atoms with Crippen molar-refractivity contribution in [1.82, 2.24) is 0 Å². The first-order valence-corrected chi connectivity index (χ1v) is 4.00. The van der Waals surface area contributed by atoms with Crippen LogP contribution in [0.1, 0.15) is 20.8 Å². The van der Waals surface area contributed by atoms with Crippen molar-refractivity contribution in [2.45, 2.75) is 26.9 Å². The fraction of sp³-hybridized carbons (Fsp3) is 0.667. The summed E-state index contributed by atoms with van der Waals surface area (Å²) in [7, 11) is 0. The smallest absolute Gasteiger partial charge is 0.330 e. The second-order valence-electron chi connectivity index (χ2n) is 3.36. The van der Waals surface area contributed by atoms with Crippen molar-refractivity contribution < 1.29 is 9.53 Å². The van der Waals surface area contributed by atoms with Crippen LogP contribution in [0.25, 0.3) is 0 Å². The minimum absolute atomic E-state index is 0.0625. The summed E-state index contributed by atoms with van der Waals surface area (Å²) in [5, 5.41) is 0. The van der Waals surface area contributed by atoms with Crippen molar-refractivity contribution >= 4 is 5.97 Å². The lowest BCUT2D eigenvalue weighted by atomic mass is 9.93. The second-order valence-corrected chi connectivity index (χ2v) is 3.36. The molecule has 0 saturated carbocycles. The van der Waals surface area contributed by atoms with Crippen molar-refractivity contribution in [3.8, 4) is 0 Å². The summed E-state index contributed by atoms with van der Waals surface area (Å²) in [6.45, 7) is 6.19. The van der Waals surface area contributed by atoms with E-state index in [0.717, 1.165) is 0 Å². The minimum Gasteiger partial charge on any atom is -0.458 e. The molecule has 0 aromatic rings. The summed E-state index contributed by atoms with van der Waals surface area (Å²) in [6.07, 6.45) is 3.48. The number of hydrogen-bond donors (Lipinski definition) is 0. The van der Waals surface area contributed by atoms with Gasteiger partial charge in [0, 0.05) is 12.0 Å². The van der Waals surface area contributed by atoms with Crippen LogP contribution < -0.4 is 0 Å². The Balaban J connectivity index is 2.68. The third-order valence-corrected chi connectivity index (χ3v) is 1.96. The summed E-state index contributed by atoms with van der Waals surface area (Å²) in [6, 6.07) is 0. The van der Waals surface area contributed by atoms with Crippen LogP contribution in [0.2, 0.25) is 0 Å². The number of carbonyl (C=O) groups excluding carboxylic acids is 1. The Bertz CT molecular complexity index is 182. The Morgan fingerprint density at radius 3 is 2.64 bits per heavy atom. The average molecular weight is 154 g/mol. The fourth-order valence-electron chi connectivity index (χ4n) is 1.36. The molecule has 0 bridgehead atoms. The maximum atomic E-state index is 10.8. The number of cyclic esters (lactones) is 1. The van der Waals surface area contributed by atoms with Crippen LogP contribution in [-0.4, -0.2) is 12.1 Å². The van der Waals surface area contributed by atoms with Crippen molar-refractivity contribution in [1.29, 1.82) is 0 Å². The topological polar surface area (TPSA) is 26.3 Å². The second kappa shape index (κ2) is 3.07. The van der Waals surface area contributed by atoms with Crippen molar-refractivity contribution in [2.24, 2.45) is 11.8 Å². The molecule has 0 fully saturated rings. The molecule has 2 atom stereocenters.